The maximum Gasteiger partial charge on any atom is 0.331 e. The molecule has 1 saturated heterocycles. The molecule has 1 heterocycles. The van der Waals surface area contributed by atoms with Gasteiger partial charge in [-0.05, 0) is 79.1 Å². The molecule has 3 aromatic rings. The van der Waals surface area contributed by atoms with Gasteiger partial charge in [0, 0.05) is 19.5 Å². The number of esters is 1. The highest BCUT2D eigenvalue weighted by atomic mass is 16.5. The number of likely N-dealkylation sites (N-methyl/N-ethyl adjacent to an activating group) is 1. The number of nitrogens with two attached hydrogens (primary N) is 1. The van der Waals surface area contributed by atoms with E-state index in [0.29, 0.717) is 11.1 Å². The number of aromatic hydroxyl groups is 1. The van der Waals surface area contributed by atoms with Gasteiger partial charge in [0.15, 0.2) is 6.04 Å². The van der Waals surface area contributed by atoms with Crippen LogP contribution in [0.4, 0.5) is 0 Å². The highest BCUT2D eigenvalue weighted by molar-refractivity contribution is 6.05. The third kappa shape index (κ3) is 18.4. The number of phenolic OH excluding ortho intramolecular Hbond substituents is 1. The number of carbonyl (C=O) groups excluding carboxylic acids is 9. The average molecular weight is 1040 g/mol. The number of nitrogens with zero attached hydrogens (tertiary/aromatic N) is 1. The minimum absolute atomic E-state index is 0.0228. The van der Waals surface area contributed by atoms with Crippen molar-refractivity contribution in [1.82, 2.24) is 36.8 Å². The van der Waals surface area contributed by atoms with E-state index in [1.165, 1.54) is 50.4 Å². The van der Waals surface area contributed by atoms with Crippen molar-refractivity contribution in [3.8, 4) is 5.75 Å². The summed E-state index contributed by atoms with van der Waals surface area (Å²) in [6, 6.07) is 10.8. The summed E-state index contributed by atoms with van der Waals surface area (Å²) in [5, 5.41) is 46.0. The number of ether oxygens (including phenoxy) is 1. The van der Waals surface area contributed by atoms with Crippen molar-refractivity contribution in [3.05, 3.63) is 119 Å². The lowest BCUT2D eigenvalue weighted by Crippen LogP contribution is -2.62. The van der Waals surface area contributed by atoms with Crippen molar-refractivity contribution in [1.29, 1.82) is 0 Å². The van der Waals surface area contributed by atoms with Crippen LogP contribution in [-0.4, -0.2) is 136 Å². The van der Waals surface area contributed by atoms with E-state index in [4.69, 9.17) is 10.5 Å². The van der Waals surface area contributed by atoms with Gasteiger partial charge in [-0.2, -0.15) is 0 Å². The number of aliphatic hydroxyl groups excluding tert-OH is 2. The molecule has 0 bridgehead atoms. The highest BCUT2D eigenvalue weighted by Gasteiger charge is 2.39. The Hall–Kier alpha value is -8.17. The summed E-state index contributed by atoms with van der Waals surface area (Å²) in [4.78, 5) is 127. The van der Waals surface area contributed by atoms with Crippen LogP contribution < -0.4 is 37.6 Å². The molecule has 0 radical (unpaired) electrons. The summed E-state index contributed by atoms with van der Waals surface area (Å²) in [5.41, 5.74) is 7.28. The minimum Gasteiger partial charge on any atom is -0.508 e. The van der Waals surface area contributed by atoms with Crippen LogP contribution in [0.3, 0.4) is 0 Å². The number of nitrogens with one attached hydrogen (secondary N) is 6. The average Bonchev–Trinajstić information content (AvgIpc) is 3.36. The van der Waals surface area contributed by atoms with Gasteiger partial charge in [-0.15, -0.1) is 0 Å². The zero-order valence-corrected chi connectivity index (χ0v) is 42.8. The van der Waals surface area contributed by atoms with Gasteiger partial charge in [-0.1, -0.05) is 106 Å². The van der Waals surface area contributed by atoms with E-state index >= 15 is 0 Å². The summed E-state index contributed by atoms with van der Waals surface area (Å²) >= 11 is 0. The number of rotatable bonds is 15. The Morgan fingerprint density at radius 2 is 1.36 bits per heavy atom. The Bertz CT molecular complexity index is 2600. The number of hydrogen-bond donors (Lipinski definition) is 10. The standard InChI is InChI=1S/C54H68N8O13/c1-7-8-10-17-36-18-13-14-19-37(36)22-25-45(67)60-47-33(5)75-54(74)42(30-63)59-49(69)41(29-44(55)66)58-52(72)46(32(4)64)61-50(70)40(27-34-15-11-9-12-16-34)56-48(68)39(26-31(2)3)57-51(71)43(62(6)53(47)73)28-35-20-23-38(65)24-21-35/h9-25,28,31-33,39-42,46-47,63-65H,7-8,26-27,29-30H2,1-6H3,(H2,55,66)(H,56,68)(H,57,71)(H,58,72)(H,59,69)(H,60,67)(H,61,70)/b17-10-,25-22+,43-28+/t32-,33+,39-,40+,41-,42-,46?,47-/m0/s1. The molecule has 1 fully saturated rings. The number of aliphatic hydroxyl groups is 2. The molecule has 1 aliphatic rings. The molecular weight excluding hydrogens is 969 g/mol. The van der Waals surface area contributed by atoms with Gasteiger partial charge in [0.1, 0.15) is 47.8 Å². The molecule has 8 amide bonds. The molecule has 1 aliphatic heterocycles. The molecule has 21 nitrogen and oxygen atoms in total. The van der Waals surface area contributed by atoms with Crippen LogP contribution in [0.25, 0.3) is 18.2 Å². The Kier molecular flexibility index (Phi) is 22.9. The van der Waals surface area contributed by atoms with Gasteiger partial charge in [0.05, 0.1) is 19.1 Å². The van der Waals surface area contributed by atoms with Crippen LogP contribution in [0.2, 0.25) is 0 Å². The minimum atomic E-state index is -1.94. The first-order valence-electron chi connectivity index (χ1n) is 24.5. The summed E-state index contributed by atoms with van der Waals surface area (Å²) in [5.74, 6) is -10.1. The third-order valence-electron chi connectivity index (χ3n) is 11.7. The Morgan fingerprint density at radius 3 is 1.96 bits per heavy atom. The van der Waals surface area contributed by atoms with Gasteiger partial charge in [0.25, 0.3) is 11.8 Å². The Balaban J connectivity index is 1.91. The van der Waals surface area contributed by atoms with E-state index in [2.05, 4.69) is 31.9 Å². The molecular formula is C54H68N8O13. The fourth-order valence-corrected chi connectivity index (χ4v) is 7.69. The van der Waals surface area contributed by atoms with E-state index in [-0.39, 0.29) is 30.1 Å². The van der Waals surface area contributed by atoms with Gasteiger partial charge in [0.2, 0.25) is 35.4 Å². The van der Waals surface area contributed by atoms with Gasteiger partial charge >= 0.3 is 5.97 Å². The van der Waals surface area contributed by atoms with E-state index in [0.717, 1.165) is 36.3 Å². The molecule has 402 valence electrons. The zero-order chi connectivity index (χ0) is 55.4. The molecule has 21 heteroatoms. The lowest BCUT2D eigenvalue weighted by atomic mass is 10.00. The summed E-state index contributed by atoms with van der Waals surface area (Å²) < 4.78 is 5.63. The van der Waals surface area contributed by atoms with Crippen LogP contribution in [0, 0.1) is 5.92 Å². The molecule has 0 saturated carbocycles. The topological polar surface area (TPSA) is 325 Å². The van der Waals surface area contributed by atoms with E-state index < -0.39 is 120 Å². The number of allylic oxidation sites excluding steroid dienone is 1. The fraction of sp³-hybridized carbons (Fsp3) is 0.389. The molecule has 75 heavy (non-hydrogen) atoms. The monoisotopic (exact) mass is 1040 g/mol. The van der Waals surface area contributed by atoms with Crippen LogP contribution in [0.1, 0.15) is 82.6 Å². The van der Waals surface area contributed by atoms with Crippen molar-refractivity contribution >= 4 is 71.5 Å². The lowest BCUT2D eigenvalue weighted by Gasteiger charge is -2.31. The number of hydrogen-bond acceptors (Lipinski definition) is 13. The van der Waals surface area contributed by atoms with Crippen molar-refractivity contribution in [2.45, 2.75) is 115 Å². The second-order valence-electron chi connectivity index (χ2n) is 18.4. The zero-order valence-electron chi connectivity index (χ0n) is 42.8. The first kappa shape index (κ1) is 59.4. The lowest BCUT2D eigenvalue weighted by molar-refractivity contribution is -0.157. The molecule has 4 rings (SSSR count). The Morgan fingerprint density at radius 1 is 0.773 bits per heavy atom. The number of amides is 8. The highest BCUT2D eigenvalue weighted by Crippen LogP contribution is 2.19. The number of phenols is 1. The number of carbonyl (C=O) groups is 9. The van der Waals surface area contributed by atoms with Crippen LogP contribution in [-0.2, 0) is 54.3 Å². The maximum atomic E-state index is 14.9. The molecule has 0 aliphatic carbocycles. The quantitative estimate of drug-likeness (QED) is 0.0755. The SMILES string of the molecule is CCC/C=C\c1ccccc1/C=C/C(=O)N[C@@H]1C(=O)N(C)/C(=C/c2ccc(O)cc2)C(=O)N[C@@H](CC(C)C)C(=O)N[C@H](Cc2ccccc2)C(=O)NC([C@H](C)O)C(=O)N[C@@H](CC(N)=O)C(=O)N[C@@H](CO)C(=O)O[C@@H]1C. The van der Waals surface area contributed by atoms with Crippen molar-refractivity contribution in [2.24, 2.45) is 11.7 Å². The van der Waals surface area contributed by atoms with Crippen LogP contribution >= 0.6 is 0 Å². The Labute approximate surface area is 435 Å². The van der Waals surface area contributed by atoms with Gasteiger partial charge < -0.3 is 62.6 Å². The van der Waals surface area contributed by atoms with Crippen molar-refractivity contribution in [3.63, 3.8) is 0 Å². The predicted molar refractivity (Wildman–Crippen MR) is 278 cm³/mol. The first-order chi connectivity index (χ1) is 35.6. The van der Waals surface area contributed by atoms with Gasteiger partial charge in [-0.3, -0.25) is 38.4 Å². The summed E-state index contributed by atoms with van der Waals surface area (Å²) in [6.45, 7) is 6.80. The molecule has 0 aromatic heterocycles. The summed E-state index contributed by atoms with van der Waals surface area (Å²) in [6.07, 6.45) is 5.12. The molecule has 1 unspecified atom stereocenters. The van der Waals surface area contributed by atoms with Gasteiger partial charge in [-0.25, -0.2) is 4.79 Å². The second-order valence-corrected chi connectivity index (χ2v) is 18.4. The largest absolute Gasteiger partial charge is 0.508 e. The van der Waals surface area contributed by atoms with Crippen molar-refractivity contribution in [2.75, 3.05) is 13.7 Å². The van der Waals surface area contributed by atoms with E-state index in [9.17, 15) is 58.5 Å². The van der Waals surface area contributed by atoms with Crippen LogP contribution in [0.5, 0.6) is 5.75 Å². The fourth-order valence-electron chi connectivity index (χ4n) is 7.69. The third-order valence-corrected chi connectivity index (χ3v) is 11.7. The van der Waals surface area contributed by atoms with E-state index in [1.54, 1.807) is 56.3 Å². The smallest absolute Gasteiger partial charge is 0.331 e. The van der Waals surface area contributed by atoms with Crippen molar-refractivity contribution < 1.29 is 63.2 Å². The molecule has 11 N–H and O–H groups in total. The predicted octanol–water partition coefficient (Wildman–Crippen LogP) is 1.11. The van der Waals surface area contributed by atoms with E-state index in [1.807, 2.05) is 31.2 Å². The normalized spacial score (nSPS) is 23.1. The number of unbranched alkanes of at least 4 members (excludes halogenated alkanes) is 1. The molecule has 3 aromatic carbocycles. The maximum absolute atomic E-state index is 14.9. The first-order valence-corrected chi connectivity index (χ1v) is 24.5. The number of benzene rings is 3. The number of cyclic esters (lactones) is 1. The molecule has 8 atom stereocenters. The molecule has 0 spiro atoms. The van der Waals surface area contributed by atoms with Crippen LogP contribution in [0.15, 0.2) is 96.7 Å². The second kappa shape index (κ2) is 28.9. The number of primary amides is 1. The summed E-state index contributed by atoms with van der Waals surface area (Å²) in [7, 11) is 1.19.